The van der Waals surface area contributed by atoms with Gasteiger partial charge in [0.25, 0.3) is 0 Å². The first-order chi connectivity index (χ1) is 21.5. The predicted octanol–water partition coefficient (Wildman–Crippen LogP) is 11.6. The summed E-state index contributed by atoms with van der Waals surface area (Å²) in [6.07, 6.45) is 8.36. The van der Waals surface area contributed by atoms with Crippen molar-refractivity contribution < 1.29 is 9.59 Å². The highest BCUT2D eigenvalue weighted by molar-refractivity contribution is 7.14. The Balaban J connectivity index is 1.77. The Morgan fingerprint density at radius 3 is 1.33 bits per heavy atom. The molecule has 1 aromatic heterocycles. The topological polar surface area (TPSA) is 34.1 Å². The van der Waals surface area contributed by atoms with Gasteiger partial charge in [-0.15, -0.1) is 11.3 Å². The second-order valence-electron chi connectivity index (χ2n) is 15.5. The fourth-order valence-corrected chi connectivity index (χ4v) is 7.97. The van der Waals surface area contributed by atoms with E-state index in [1.54, 1.807) is 11.3 Å². The Kier molecular flexibility index (Phi) is 8.87. The molecule has 0 saturated heterocycles. The number of Topliss-reactive ketones (excluding diaryl/α,β-unsaturated/α-hetero) is 2. The van der Waals surface area contributed by atoms with Crippen molar-refractivity contribution in [2.75, 3.05) is 0 Å². The summed E-state index contributed by atoms with van der Waals surface area (Å²) in [5.74, 6) is 0.168. The third-order valence-corrected chi connectivity index (χ3v) is 9.64. The summed E-state index contributed by atoms with van der Waals surface area (Å²) in [5.41, 5.74) is 8.84. The molecular formula is C43H46O2S. The van der Waals surface area contributed by atoms with Crippen LogP contribution in [-0.2, 0) is 9.59 Å². The van der Waals surface area contributed by atoms with Crippen LogP contribution in [0.5, 0.6) is 0 Å². The molecular weight excluding hydrogens is 581 g/mol. The van der Waals surface area contributed by atoms with E-state index in [1.807, 2.05) is 67.6 Å². The molecule has 0 N–H and O–H groups in total. The number of ketones is 2. The minimum Gasteiger partial charge on any atom is -0.289 e. The van der Waals surface area contributed by atoms with E-state index >= 15 is 0 Å². The lowest BCUT2D eigenvalue weighted by atomic mass is 9.75. The molecule has 5 rings (SSSR count). The first kappa shape index (κ1) is 33.3. The molecule has 2 aromatic carbocycles. The van der Waals surface area contributed by atoms with Crippen LogP contribution in [0.25, 0.3) is 22.3 Å². The van der Waals surface area contributed by atoms with Crippen molar-refractivity contribution in [2.45, 2.75) is 69.2 Å². The van der Waals surface area contributed by atoms with E-state index in [2.05, 4.69) is 98.8 Å². The summed E-state index contributed by atoms with van der Waals surface area (Å²) >= 11 is 1.79. The molecule has 3 aromatic rings. The third-order valence-electron chi connectivity index (χ3n) is 8.52. The van der Waals surface area contributed by atoms with Crippen molar-refractivity contribution in [1.82, 2.24) is 0 Å². The van der Waals surface area contributed by atoms with Crippen molar-refractivity contribution in [3.63, 3.8) is 0 Å². The lowest BCUT2D eigenvalue weighted by Crippen LogP contribution is -2.22. The van der Waals surface area contributed by atoms with E-state index in [1.165, 1.54) is 20.9 Å². The third kappa shape index (κ3) is 6.71. The van der Waals surface area contributed by atoms with Crippen LogP contribution in [0.1, 0.15) is 90.1 Å². The van der Waals surface area contributed by atoms with Gasteiger partial charge in [0.2, 0.25) is 0 Å². The SMILES string of the molecule is CC1=C/C(=C(/c2ccc(C(=C3C=C(c4ccccc4)C(=O)C(c4ccccc4)=C3)C(C)(C)C)s2)C(C)(C)C)C=C(C(C)(C)C)C1=O. The van der Waals surface area contributed by atoms with Gasteiger partial charge in [0.15, 0.2) is 11.6 Å². The maximum atomic E-state index is 14.0. The highest BCUT2D eigenvalue weighted by Gasteiger charge is 2.33. The quantitative estimate of drug-likeness (QED) is 0.289. The van der Waals surface area contributed by atoms with E-state index in [4.69, 9.17) is 0 Å². The van der Waals surface area contributed by atoms with Crippen LogP contribution in [0.4, 0.5) is 0 Å². The Morgan fingerprint density at radius 2 is 0.935 bits per heavy atom. The van der Waals surface area contributed by atoms with Gasteiger partial charge < -0.3 is 0 Å². The van der Waals surface area contributed by atoms with Crippen LogP contribution in [-0.4, -0.2) is 11.6 Å². The monoisotopic (exact) mass is 626 g/mol. The smallest absolute Gasteiger partial charge is 0.194 e. The molecule has 0 aliphatic heterocycles. The maximum absolute atomic E-state index is 14.0. The fourth-order valence-electron chi connectivity index (χ4n) is 6.41. The second-order valence-corrected chi connectivity index (χ2v) is 16.6. The van der Waals surface area contributed by atoms with Gasteiger partial charge in [-0.05, 0) is 98.6 Å². The molecule has 0 radical (unpaired) electrons. The van der Waals surface area contributed by atoms with Crippen LogP contribution in [0.15, 0.2) is 119 Å². The summed E-state index contributed by atoms with van der Waals surface area (Å²) in [6.45, 7) is 21.7. The number of carbonyl (C=O) groups is 2. The Morgan fingerprint density at radius 1 is 0.522 bits per heavy atom. The van der Waals surface area contributed by atoms with E-state index in [-0.39, 0.29) is 27.8 Å². The van der Waals surface area contributed by atoms with E-state index in [0.29, 0.717) is 11.1 Å². The molecule has 2 nitrogen and oxygen atoms in total. The number of hydrogen-bond donors (Lipinski definition) is 0. The lowest BCUT2D eigenvalue weighted by molar-refractivity contribution is -0.113. The van der Waals surface area contributed by atoms with Crippen molar-refractivity contribution in [3.8, 4) is 0 Å². The van der Waals surface area contributed by atoms with Gasteiger partial charge >= 0.3 is 0 Å². The van der Waals surface area contributed by atoms with Crippen LogP contribution < -0.4 is 0 Å². The molecule has 0 bridgehead atoms. The van der Waals surface area contributed by atoms with Gasteiger partial charge in [-0.3, -0.25) is 9.59 Å². The van der Waals surface area contributed by atoms with Crippen molar-refractivity contribution in [1.29, 1.82) is 0 Å². The van der Waals surface area contributed by atoms with Crippen molar-refractivity contribution in [2.24, 2.45) is 16.2 Å². The van der Waals surface area contributed by atoms with Crippen LogP contribution >= 0.6 is 11.3 Å². The lowest BCUT2D eigenvalue weighted by Gasteiger charge is -2.30. The number of benzene rings is 2. The molecule has 3 heteroatoms. The number of rotatable bonds is 4. The standard InChI is InChI=1S/C43H46O2S/c1-27-23-30(26-34(39(27)44)41(2,3)4)37(42(5,6)7)35-21-22-36(46-35)38(43(8,9)10)31-24-32(28-17-13-11-14-18-28)40(45)33(25-31)29-19-15-12-16-20-29/h11-26H,1-10H3/b37-30+. The first-order valence-corrected chi connectivity index (χ1v) is 16.9. The summed E-state index contributed by atoms with van der Waals surface area (Å²) < 4.78 is 0. The van der Waals surface area contributed by atoms with Gasteiger partial charge in [-0.1, -0.05) is 123 Å². The maximum Gasteiger partial charge on any atom is 0.194 e. The highest BCUT2D eigenvalue weighted by Crippen LogP contribution is 2.48. The Bertz CT molecular complexity index is 1820. The number of hydrogen-bond acceptors (Lipinski definition) is 3. The average molecular weight is 627 g/mol. The predicted molar refractivity (Wildman–Crippen MR) is 197 cm³/mol. The van der Waals surface area contributed by atoms with Crippen molar-refractivity contribution >= 4 is 45.2 Å². The largest absolute Gasteiger partial charge is 0.289 e. The molecule has 0 amide bonds. The minimum atomic E-state index is -0.255. The van der Waals surface area contributed by atoms with Crippen LogP contribution in [0, 0.1) is 16.2 Å². The molecule has 0 spiro atoms. The zero-order chi connectivity index (χ0) is 33.6. The Labute approximate surface area is 279 Å². The molecule has 0 saturated carbocycles. The molecule has 236 valence electrons. The van der Waals surface area contributed by atoms with E-state index in [0.717, 1.165) is 33.4 Å². The number of carbonyl (C=O) groups excluding carboxylic acids is 2. The molecule has 1 heterocycles. The van der Waals surface area contributed by atoms with Gasteiger partial charge in [0.05, 0.1) is 0 Å². The van der Waals surface area contributed by atoms with Gasteiger partial charge in [0.1, 0.15) is 0 Å². The second kappa shape index (κ2) is 12.3. The highest BCUT2D eigenvalue weighted by atomic mass is 32.1. The van der Waals surface area contributed by atoms with Crippen LogP contribution in [0.3, 0.4) is 0 Å². The van der Waals surface area contributed by atoms with Gasteiger partial charge in [-0.2, -0.15) is 0 Å². The zero-order valence-electron chi connectivity index (χ0n) is 29.0. The summed E-state index contributed by atoms with van der Waals surface area (Å²) in [7, 11) is 0. The van der Waals surface area contributed by atoms with E-state index in [9.17, 15) is 9.59 Å². The van der Waals surface area contributed by atoms with Gasteiger partial charge in [-0.25, -0.2) is 0 Å². The van der Waals surface area contributed by atoms with Crippen molar-refractivity contribution in [3.05, 3.63) is 140 Å². The molecule has 2 aliphatic carbocycles. The summed E-state index contributed by atoms with van der Waals surface area (Å²) in [4.78, 5) is 29.6. The zero-order valence-corrected chi connectivity index (χ0v) is 29.8. The Hall–Kier alpha value is -4.08. The average Bonchev–Trinajstić information content (AvgIpc) is 3.42. The number of thiophene rings is 1. The summed E-state index contributed by atoms with van der Waals surface area (Å²) in [5, 5.41) is 0. The molecule has 46 heavy (non-hydrogen) atoms. The first-order valence-electron chi connectivity index (χ1n) is 16.1. The van der Waals surface area contributed by atoms with E-state index < -0.39 is 0 Å². The summed E-state index contributed by atoms with van der Waals surface area (Å²) in [6, 6.07) is 24.4. The molecule has 0 fully saturated rings. The molecule has 0 atom stereocenters. The minimum absolute atomic E-state index is 0.0384. The fraction of sp³-hybridized carbons (Fsp3) is 0.302. The van der Waals surface area contributed by atoms with Crippen LogP contribution in [0.2, 0.25) is 0 Å². The number of allylic oxidation sites excluding steroid dienone is 12. The normalized spacial score (nSPS) is 17.3. The molecule has 2 aliphatic rings. The molecule has 0 unspecified atom stereocenters. The van der Waals surface area contributed by atoms with Gasteiger partial charge in [0, 0.05) is 26.5 Å².